The predicted octanol–water partition coefficient (Wildman–Crippen LogP) is 4.28. The molecule has 1 N–H and O–H groups in total. The molecule has 2 atom stereocenters. The Morgan fingerprint density at radius 2 is 2.07 bits per heavy atom. The summed E-state index contributed by atoms with van der Waals surface area (Å²) >= 11 is 0. The van der Waals surface area contributed by atoms with E-state index in [1.54, 1.807) is 26.2 Å². The molecule has 0 radical (unpaired) electrons. The number of carbonyl (C=O) groups is 1. The highest BCUT2D eigenvalue weighted by atomic mass is 19.1. The zero-order chi connectivity index (χ0) is 19.4. The van der Waals surface area contributed by atoms with Crippen molar-refractivity contribution in [1.82, 2.24) is 4.98 Å². The number of rotatable bonds is 5. The van der Waals surface area contributed by atoms with Gasteiger partial charge in [-0.15, -0.1) is 0 Å². The number of methoxy groups -OCH3 is 1. The van der Waals surface area contributed by atoms with Crippen molar-refractivity contribution in [2.24, 2.45) is 0 Å². The van der Waals surface area contributed by atoms with Gasteiger partial charge in [0.2, 0.25) is 0 Å². The highest BCUT2D eigenvalue weighted by Gasteiger charge is 2.33. The molecule has 0 bridgehead atoms. The Hall–Kier alpha value is -2.67. The summed E-state index contributed by atoms with van der Waals surface area (Å²) in [7, 11) is 1.58. The summed E-state index contributed by atoms with van der Waals surface area (Å²) in [6, 6.07) is 9.89. The van der Waals surface area contributed by atoms with Crippen molar-refractivity contribution in [2.45, 2.75) is 39.0 Å². The normalized spacial score (nSPS) is 17.2. The molecule has 1 amide bonds. The van der Waals surface area contributed by atoms with Crippen LogP contribution in [0.3, 0.4) is 0 Å². The molecule has 7 heteroatoms. The zero-order valence-electron chi connectivity index (χ0n) is 15.7. The van der Waals surface area contributed by atoms with Crippen molar-refractivity contribution in [2.75, 3.05) is 23.9 Å². The molecule has 1 aliphatic rings. The summed E-state index contributed by atoms with van der Waals surface area (Å²) in [4.78, 5) is 18.6. The molecule has 0 aliphatic carbocycles. The Balaban J connectivity index is 1.83. The van der Waals surface area contributed by atoms with E-state index in [4.69, 9.17) is 14.5 Å². The van der Waals surface area contributed by atoms with Gasteiger partial charge in [0.05, 0.1) is 29.7 Å². The number of benzene rings is 1. The van der Waals surface area contributed by atoms with Crippen LogP contribution in [0.5, 0.6) is 0 Å². The van der Waals surface area contributed by atoms with E-state index in [0.29, 0.717) is 25.1 Å². The topological polar surface area (TPSA) is 63.7 Å². The number of nitrogens with zero attached hydrogens (tertiary/aromatic N) is 2. The molecule has 0 spiro atoms. The van der Waals surface area contributed by atoms with E-state index < -0.39 is 6.09 Å². The molecule has 2 heterocycles. The maximum Gasteiger partial charge on any atom is 0.416 e. The first kappa shape index (κ1) is 19.1. The van der Waals surface area contributed by atoms with Crippen LogP contribution >= 0.6 is 0 Å². The van der Waals surface area contributed by atoms with E-state index in [0.717, 1.165) is 17.1 Å². The standard InChI is InChI=1S/C20H24FN3O3/c1-4-27-20(25)24-18-11-9-16(23-17(18)10-12-19(24)26-3)13(2)22-15-7-5-14(21)6-8-15/h5-9,11,13,19,22H,4,10,12H2,1-3H3. The van der Waals surface area contributed by atoms with Gasteiger partial charge in [-0.05, 0) is 63.1 Å². The van der Waals surface area contributed by atoms with E-state index in [9.17, 15) is 9.18 Å². The average molecular weight is 373 g/mol. The van der Waals surface area contributed by atoms with E-state index in [1.165, 1.54) is 17.0 Å². The van der Waals surface area contributed by atoms with Gasteiger partial charge in [0, 0.05) is 12.8 Å². The third kappa shape index (κ3) is 4.19. The summed E-state index contributed by atoms with van der Waals surface area (Å²) in [6.45, 7) is 4.06. The molecule has 0 saturated carbocycles. The fraction of sp³-hybridized carbons (Fsp3) is 0.400. The Morgan fingerprint density at radius 3 is 2.74 bits per heavy atom. The molecule has 2 unspecified atom stereocenters. The maximum absolute atomic E-state index is 13.1. The lowest BCUT2D eigenvalue weighted by atomic mass is 10.0. The van der Waals surface area contributed by atoms with Gasteiger partial charge in [-0.25, -0.2) is 14.1 Å². The number of nitrogens with one attached hydrogen (secondary N) is 1. The summed E-state index contributed by atoms with van der Waals surface area (Å²) < 4.78 is 23.7. The number of aromatic nitrogens is 1. The molecule has 1 aromatic heterocycles. The maximum atomic E-state index is 13.1. The second-order valence-corrected chi connectivity index (χ2v) is 6.37. The van der Waals surface area contributed by atoms with E-state index in [-0.39, 0.29) is 18.1 Å². The second-order valence-electron chi connectivity index (χ2n) is 6.37. The van der Waals surface area contributed by atoms with Gasteiger partial charge in [-0.2, -0.15) is 0 Å². The summed E-state index contributed by atoms with van der Waals surface area (Å²) in [5, 5.41) is 3.31. The van der Waals surface area contributed by atoms with Crippen molar-refractivity contribution in [3.05, 3.63) is 53.6 Å². The second kappa shape index (κ2) is 8.35. The summed E-state index contributed by atoms with van der Waals surface area (Å²) in [6.07, 6.45) is 0.565. The van der Waals surface area contributed by atoms with Crippen LogP contribution in [0.2, 0.25) is 0 Å². The smallest absolute Gasteiger partial charge is 0.416 e. The predicted molar refractivity (Wildman–Crippen MR) is 101 cm³/mol. The summed E-state index contributed by atoms with van der Waals surface area (Å²) in [5.41, 5.74) is 3.21. The molecule has 3 rings (SSSR count). The minimum absolute atomic E-state index is 0.0723. The molecule has 144 valence electrons. The van der Waals surface area contributed by atoms with Crippen LogP contribution in [-0.2, 0) is 15.9 Å². The lowest BCUT2D eigenvalue weighted by molar-refractivity contribution is 0.0766. The Morgan fingerprint density at radius 1 is 1.33 bits per heavy atom. The van der Waals surface area contributed by atoms with Crippen LogP contribution in [0.1, 0.15) is 37.7 Å². The van der Waals surface area contributed by atoms with Crippen LogP contribution in [0.15, 0.2) is 36.4 Å². The lowest BCUT2D eigenvalue weighted by Crippen LogP contribution is -2.45. The van der Waals surface area contributed by atoms with Gasteiger partial charge in [0.1, 0.15) is 12.0 Å². The van der Waals surface area contributed by atoms with Crippen molar-refractivity contribution in [1.29, 1.82) is 0 Å². The van der Waals surface area contributed by atoms with Gasteiger partial charge >= 0.3 is 6.09 Å². The van der Waals surface area contributed by atoms with Crippen molar-refractivity contribution < 1.29 is 18.7 Å². The fourth-order valence-corrected chi connectivity index (χ4v) is 3.20. The van der Waals surface area contributed by atoms with Crippen LogP contribution in [0, 0.1) is 5.82 Å². The molecule has 6 nitrogen and oxygen atoms in total. The van der Waals surface area contributed by atoms with Crippen LogP contribution in [0.4, 0.5) is 20.6 Å². The van der Waals surface area contributed by atoms with Gasteiger partial charge in [-0.1, -0.05) is 0 Å². The van der Waals surface area contributed by atoms with E-state index in [1.807, 2.05) is 19.1 Å². The Bertz CT molecular complexity index is 798. The summed E-state index contributed by atoms with van der Waals surface area (Å²) in [5.74, 6) is -0.271. The zero-order valence-corrected chi connectivity index (χ0v) is 15.7. The molecule has 0 fully saturated rings. The largest absolute Gasteiger partial charge is 0.449 e. The fourth-order valence-electron chi connectivity index (χ4n) is 3.20. The SMILES string of the molecule is CCOC(=O)N1c2ccc(C(C)Nc3ccc(F)cc3)nc2CCC1OC. The minimum atomic E-state index is -0.433. The van der Waals surface area contributed by atoms with Gasteiger partial charge < -0.3 is 14.8 Å². The van der Waals surface area contributed by atoms with Gasteiger partial charge in [0.25, 0.3) is 0 Å². The number of hydrogen-bond donors (Lipinski definition) is 1. The number of pyridine rings is 1. The first-order valence-electron chi connectivity index (χ1n) is 9.04. The molecule has 0 saturated heterocycles. The van der Waals surface area contributed by atoms with Crippen LogP contribution < -0.4 is 10.2 Å². The van der Waals surface area contributed by atoms with Crippen molar-refractivity contribution in [3.63, 3.8) is 0 Å². The van der Waals surface area contributed by atoms with Crippen LogP contribution in [-0.4, -0.2) is 31.0 Å². The average Bonchev–Trinajstić information content (AvgIpc) is 2.68. The Kier molecular flexibility index (Phi) is 5.91. The third-order valence-corrected chi connectivity index (χ3v) is 4.55. The van der Waals surface area contributed by atoms with Gasteiger partial charge in [0.15, 0.2) is 0 Å². The first-order chi connectivity index (χ1) is 13.0. The van der Waals surface area contributed by atoms with Crippen molar-refractivity contribution in [3.8, 4) is 0 Å². The molecular weight excluding hydrogens is 349 g/mol. The van der Waals surface area contributed by atoms with Crippen LogP contribution in [0.25, 0.3) is 0 Å². The molecule has 1 aliphatic heterocycles. The van der Waals surface area contributed by atoms with Gasteiger partial charge in [-0.3, -0.25) is 4.98 Å². The minimum Gasteiger partial charge on any atom is -0.449 e. The number of halogens is 1. The highest BCUT2D eigenvalue weighted by molar-refractivity contribution is 5.89. The number of aryl methyl sites for hydroxylation is 1. The molecule has 2 aromatic rings. The number of amides is 1. The number of hydrogen-bond acceptors (Lipinski definition) is 5. The number of anilines is 2. The molecule has 27 heavy (non-hydrogen) atoms. The number of fused-ring (bicyclic) bond motifs is 1. The monoisotopic (exact) mass is 373 g/mol. The van der Waals surface area contributed by atoms with E-state index >= 15 is 0 Å². The quantitative estimate of drug-likeness (QED) is 0.848. The van der Waals surface area contributed by atoms with Crippen molar-refractivity contribution >= 4 is 17.5 Å². The Labute approximate surface area is 158 Å². The molecular formula is C20H24FN3O3. The number of carbonyl (C=O) groups excluding carboxylic acids is 1. The lowest BCUT2D eigenvalue weighted by Gasteiger charge is -2.35. The van der Waals surface area contributed by atoms with E-state index in [2.05, 4.69) is 5.32 Å². The molecule has 1 aromatic carbocycles. The number of ether oxygens (including phenoxy) is 2. The third-order valence-electron chi connectivity index (χ3n) is 4.55. The first-order valence-corrected chi connectivity index (χ1v) is 9.04. The highest BCUT2D eigenvalue weighted by Crippen LogP contribution is 2.32.